The van der Waals surface area contributed by atoms with Crippen LogP contribution < -0.4 is 32.7 Å². The fourth-order valence-electron chi connectivity index (χ4n) is 3.47. The zero-order valence-corrected chi connectivity index (χ0v) is 25.7. The Morgan fingerprint density at radius 2 is 1.67 bits per heavy atom. The maximum Gasteiger partial charge on any atom is 0.290 e. The van der Waals surface area contributed by atoms with E-state index in [0.29, 0.717) is 24.7 Å². The molecule has 0 saturated carbocycles. The second-order valence-corrected chi connectivity index (χ2v) is 9.04. The van der Waals surface area contributed by atoms with E-state index < -0.39 is 23.8 Å². The fraction of sp³-hybridized carbons (Fsp3) is 0.536. The number of hydrogen-bond donors (Lipinski definition) is 7. The van der Waals surface area contributed by atoms with Gasteiger partial charge in [0.15, 0.2) is 5.96 Å². The quantitative estimate of drug-likeness (QED) is 0.0541. The van der Waals surface area contributed by atoms with Crippen LogP contribution in [-0.4, -0.2) is 98.2 Å². The van der Waals surface area contributed by atoms with Crippen molar-refractivity contribution >= 4 is 42.3 Å². The average Bonchev–Trinajstić information content (AvgIpc) is 2.98. The molecule has 0 aliphatic heterocycles. The Bertz CT molecular complexity index is 1030. The van der Waals surface area contributed by atoms with Crippen molar-refractivity contribution in [3.8, 4) is 0 Å². The van der Waals surface area contributed by atoms with Crippen LogP contribution in [0.5, 0.6) is 0 Å². The molecule has 2 atom stereocenters. The summed E-state index contributed by atoms with van der Waals surface area (Å²) in [6.45, 7) is 5.88. The molecule has 1 rings (SSSR count). The Hall–Kier alpha value is -4.53. The normalized spacial score (nSPS) is 11.0. The van der Waals surface area contributed by atoms with Gasteiger partial charge in [-0.15, -0.1) is 0 Å². The number of aliphatic imine (C=N–C) groups is 1. The van der Waals surface area contributed by atoms with E-state index in [1.807, 2.05) is 6.92 Å². The van der Waals surface area contributed by atoms with Gasteiger partial charge in [0.05, 0.1) is 19.1 Å². The maximum atomic E-state index is 12.7. The van der Waals surface area contributed by atoms with Crippen LogP contribution in [0.15, 0.2) is 29.3 Å². The third-order valence-corrected chi connectivity index (χ3v) is 5.58. The number of amides is 4. The van der Waals surface area contributed by atoms with E-state index in [-0.39, 0.29) is 57.0 Å². The van der Waals surface area contributed by atoms with Gasteiger partial charge in [-0.25, -0.2) is 0 Å². The minimum Gasteiger partial charge on any atom is -0.483 e. The minimum atomic E-state index is -0.880. The monoisotopic (exact) mass is 608 g/mol. The molecule has 242 valence electrons. The van der Waals surface area contributed by atoms with Gasteiger partial charge in [-0.3, -0.25) is 29.0 Å². The molecular weight excluding hydrogens is 560 g/mol. The van der Waals surface area contributed by atoms with Gasteiger partial charge in [-0.2, -0.15) is 0 Å². The minimum absolute atomic E-state index is 0.0799. The molecule has 0 aromatic heterocycles. The van der Waals surface area contributed by atoms with E-state index in [4.69, 9.17) is 21.4 Å². The standard InChI is InChI=1S/C24H38N8O5.C3H8.CH2O2/c1-4-18(27-2)22(36)30-14-16-7-5-8-17(13-16)21(35)31-15-20(34)32(3)19(23(37)28-11-12-33)9-6-10-29-24(25)26;1-3-2;2-1-3/h5,7-8,12-13,18-19,27H,4,6,9-11,14-15H2,1-3H3,(H,28,37)(H,30,36)(H,31,35)(H4,25,26,29);3H2,1-2H3;1H,(H,2,3). The van der Waals surface area contributed by atoms with Crippen LogP contribution in [0.2, 0.25) is 0 Å². The van der Waals surface area contributed by atoms with Gasteiger partial charge in [-0.05, 0) is 44.0 Å². The molecule has 0 aliphatic carbocycles. The van der Waals surface area contributed by atoms with Gasteiger partial charge < -0.3 is 47.5 Å². The van der Waals surface area contributed by atoms with Crippen molar-refractivity contribution < 1.29 is 33.9 Å². The van der Waals surface area contributed by atoms with Crippen LogP contribution in [0.1, 0.15) is 62.4 Å². The lowest BCUT2D eigenvalue weighted by Gasteiger charge is -2.27. The number of benzene rings is 1. The van der Waals surface area contributed by atoms with Gasteiger partial charge in [0, 0.05) is 25.7 Å². The second-order valence-electron chi connectivity index (χ2n) is 9.04. The topological polar surface area (TPSA) is 238 Å². The van der Waals surface area contributed by atoms with Crippen LogP contribution in [0.3, 0.4) is 0 Å². The predicted octanol–water partition coefficient (Wildman–Crippen LogP) is -0.657. The molecule has 2 unspecified atom stereocenters. The molecule has 15 nitrogen and oxygen atoms in total. The first-order valence-corrected chi connectivity index (χ1v) is 13.9. The smallest absolute Gasteiger partial charge is 0.290 e. The van der Waals surface area contributed by atoms with Crippen molar-refractivity contribution in [1.82, 2.24) is 26.2 Å². The zero-order chi connectivity index (χ0) is 33.2. The fourth-order valence-corrected chi connectivity index (χ4v) is 3.47. The molecule has 15 heteroatoms. The summed E-state index contributed by atoms with van der Waals surface area (Å²) in [6, 6.07) is 5.51. The number of hydrogen-bond acceptors (Lipinski definition) is 8. The van der Waals surface area contributed by atoms with Crippen LogP contribution in [0, 0.1) is 0 Å². The first kappa shape index (κ1) is 40.6. The van der Waals surface area contributed by atoms with Crippen LogP contribution >= 0.6 is 0 Å². The van der Waals surface area contributed by atoms with Gasteiger partial charge in [0.1, 0.15) is 12.3 Å². The summed E-state index contributed by atoms with van der Waals surface area (Å²) in [7, 11) is 3.15. The molecule has 0 radical (unpaired) electrons. The molecule has 0 spiro atoms. The highest BCUT2D eigenvalue weighted by Crippen LogP contribution is 2.08. The van der Waals surface area contributed by atoms with E-state index in [0.717, 1.165) is 5.56 Å². The molecule has 0 bridgehead atoms. The third-order valence-electron chi connectivity index (χ3n) is 5.58. The molecule has 0 saturated heterocycles. The van der Waals surface area contributed by atoms with Crippen molar-refractivity contribution in [3.63, 3.8) is 0 Å². The first-order valence-electron chi connectivity index (χ1n) is 13.9. The van der Waals surface area contributed by atoms with Crippen molar-refractivity contribution in [2.24, 2.45) is 16.5 Å². The number of carboxylic acid groups (broad SMARTS) is 1. The Balaban J connectivity index is 0. The summed E-state index contributed by atoms with van der Waals surface area (Å²) < 4.78 is 0. The average molecular weight is 609 g/mol. The number of nitrogens with two attached hydrogens (primary N) is 2. The van der Waals surface area contributed by atoms with E-state index in [1.54, 1.807) is 31.3 Å². The molecule has 0 fully saturated rings. The van der Waals surface area contributed by atoms with E-state index in [9.17, 15) is 24.0 Å². The summed E-state index contributed by atoms with van der Waals surface area (Å²) in [5, 5.41) is 17.6. The van der Waals surface area contributed by atoms with E-state index >= 15 is 0 Å². The largest absolute Gasteiger partial charge is 0.483 e. The van der Waals surface area contributed by atoms with Crippen LogP contribution in [0.25, 0.3) is 0 Å². The lowest BCUT2D eigenvalue weighted by molar-refractivity contribution is -0.138. The van der Waals surface area contributed by atoms with Gasteiger partial charge in [0.25, 0.3) is 12.4 Å². The zero-order valence-electron chi connectivity index (χ0n) is 25.7. The van der Waals surface area contributed by atoms with E-state index in [1.165, 1.54) is 18.4 Å². The Morgan fingerprint density at radius 3 is 2.21 bits per heavy atom. The van der Waals surface area contributed by atoms with Gasteiger partial charge in [-0.1, -0.05) is 39.3 Å². The molecule has 4 amide bonds. The Morgan fingerprint density at radius 1 is 1.05 bits per heavy atom. The molecule has 9 N–H and O–H groups in total. The number of nitrogens with one attached hydrogen (secondary N) is 4. The molecular formula is C28H48N8O7. The summed E-state index contributed by atoms with van der Waals surface area (Å²) in [4.78, 5) is 74.1. The SMILES string of the molecule is CCC.CCC(NC)C(=O)NCc1cccc(C(=O)NCC(=O)N(C)C(CCCN=C(N)N)C(=O)NCC=O)c1.O=CO. The third kappa shape index (κ3) is 18.5. The molecule has 0 heterocycles. The highest BCUT2D eigenvalue weighted by Gasteiger charge is 2.26. The van der Waals surface area contributed by atoms with Gasteiger partial charge in [0.2, 0.25) is 17.7 Å². The van der Waals surface area contributed by atoms with Gasteiger partial charge >= 0.3 is 0 Å². The van der Waals surface area contributed by atoms with Crippen molar-refractivity contribution in [2.75, 3.05) is 33.7 Å². The number of carbonyl (C=O) groups excluding carboxylic acids is 5. The van der Waals surface area contributed by atoms with E-state index in [2.05, 4.69) is 40.1 Å². The number of guanidine groups is 1. The van der Waals surface area contributed by atoms with Crippen molar-refractivity contribution in [2.45, 2.75) is 65.1 Å². The summed E-state index contributed by atoms with van der Waals surface area (Å²) in [6.07, 6.45) is 3.09. The summed E-state index contributed by atoms with van der Waals surface area (Å²) in [5.74, 6) is -1.70. The maximum absolute atomic E-state index is 12.7. The summed E-state index contributed by atoms with van der Waals surface area (Å²) >= 11 is 0. The highest BCUT2D eigenvalue weighted by molar-refractivity contribution is 5.97. The number of aldehydes is 1. The molecule has 43 heavy (non-hydrogen) atoms. The first-order chi connectivity index (χ1) is 20.5. The number of nitrogens with zero attached hydrogens (tertiary/aromatic N) is 2. The summed E-state index contributed by atoms with van der Waals surface area (Å²) in [5.41, 5.74) is 11.7. The van der Waals surface area contributed by atoms with Crippen molar-refractivity contribution in [1.29, 1.82) is 0 Å². The lowest BCUT2D eigenvalue weighted by Crippen LogP contribution is -2.50. The highest BCUT2D eigenvalue weighted by atomic mass is 16.3. The Kier molecular flexibility index (Phi) is 23.8. The molecule has 1 aromatic rings. The predicted molar refractivity (Wildman–Crippen MR) is 164 cm³/mol. The van der Waals surface area contributed by atoms with Crippen molar-refractivity contribution in [3.05, 3.63) is 35.4 Å². The second kappa shape index (κ2) is 25.2. The Labute approximate surface area is 253 Å². The van der Waals surface area contributed by atoms with Crippen LogP contribution in [-0.2, 0) is 30.5 Å². The number of carbonyl (C=O) groups is 6. The molecule has 0 aliphatic rings. The molecule has 1 aromatic carbocycles. The number of likely N-dealkylation sites (N-methyl/N-ethyl adjacent to an activating group) is 2. The lowest BCUT2D eigenvalue weighted by atomic mass is 10.1. The number of rotatable bonds is 16. The van der Waals surface area contributed by atoms with Crippen LogP contribution in [0.4, 0.5) is 0 Å².